The van der Waals surface area contributed by atoms with E-state index in [2.05, 4.69) is 0 Å². The van der Waals surface area contributed by atoms with Crippen molar-refractivity contribution in [2.24, 2.45) is 5.73 Å². The van der Waals surface area contributed by atoms with Crippen molar-refractivity contribution < 1.29 is 14.7 Å². The molecule has 1 fully saturated rings. The van der Waals surface area contributed by atoms with E-state index in [4.69, 9.17) is 15.7 Å². The smallest absolute Gasteiger partial charge is 0.265 e. The SMILES string of the molecule is Cc1ccc(C(N)=O)n1C1CCN(OCCCO)CC1. The summed E-state index contributed by atoms with van der Waals surface area (Å²) in [6.45, 7) is 4.35. The number of aryl methyl sites for hydroxylation is 1. The lowest BCUT2D eigenvalue weighted by molar-refractivity contribution is -0.174. The summed E-state index contributed by atoms with van der Waals surface area (Å²) in [6.07, 6.45) is 2.51. The van der Waals surface area contributed by atoms with Crippen LogP contribution in [0, 0.1) is 6.92 Å². The fraction of sp³-hybridized carbons (Fsp3) is 0.643. The number of hydrogen-bond donors (Lipinski definition) is 2. The Morgan fingerprint density at radius 2 is 2.15 bits per heavy atom. The summed E-state index contributed by atoms with van der Waals surface area (Å²) in [5, 5.41) is 10.7. The van der Waals surface area contributed by atoms with Crippen LogP contribution in [0.5, 0.6) is 0 Å². The molecule has 1 aromatic heterocycles. The Labute approximate surface area is 119 Å². The predicted molar refractivity (Wildman–Crippen MR) is 75.2 cm³/mol. The quantitative estimate of drug-likeness (QED) is 0.757. The van der Waals surface area contributed by atoms with Gasteiger partial charge in [0.05, 0.1) is 6.61 Å². The van der Waals surface area contributed by atoms with Gasteiger partial charge < -0.3 is 15.4 Å². The second-order valence-electron chi connectivity index (χ2n) is 5.16. The Bertz CT molecular complexity index is 451. The third-order valence-electron chi connectivity index (χ3n) is 3.74. The van der Waals surface area contributed by atoms with E-state index in [1.807, 2.05) is 22.6 Å². The van der Waals surface area contributed by atoms with Crippen molar-refractivity contribution in [1.82, 2.24) is 9.63 Å². The third kappa shape index (κ3) is 3.39. The van der Waals surface area contributed by atoms with E-state index in [9.17, 15) is 4.79 Å². The van der Waals surface area contributed by atoms with Gasteiger partial charge in [-0.2, -0.15) is 5.06 Å². The molecule has 3 N–H and O–H groups in total. The molecule has 0 spiro atoms. The number of carbonyl (C=O) groups is 1. The van der Waals surface area contributed by atoms with Crippen LogP contribution in [0.15, 0.2) is 12.1 Å². The zero-order valence-electron chi connectivity index (χ0n) is 11.9. The molecule has 1 amide bonds. The van der Waals surface area contributed by atoms with E-state index < -0.39 is 0 Å². The number of hydrogen-bond acceptors (Lipinski definition) is 4. The summed E-state index contributed by atoms with van der Waals surface area (Å²) < 4.78 is 2.05. The van der Waals surface area contributed by atoms with Gasteiger partial charge in [-0.15, -0.1) is 0 Å². The van der Waals surface area contributed by atoms with Crippen molar-refractivity contribution in [2.45, 2.75) is 32.2 Å². The van der Waals surface area contributed by atoms with Gasteiger partial charge in [0, 0.05) is 31.4 Å². The molecule has 1 aromatic rings. The van der Waals surface area contributed by atoms with E-state index >= 15 is 0 Å². The van der Waals surface area contributed by atoms with Gasteiger partial charge in [0.1, 0.15) is 5.69 Å². The molecule has 1 aliphatic heterocycles. The van der Waals surface area contributed by atoms with Crippen LogP contribution in [0.1, 0.15) is 41.5 Å². The van der Waals surface area contributed by atoms with Gasteiger partial charge >= 0.3 is 0 Å². The number of hydroxylamine groups is 2. The minimum atomic E-state index is -0.375. The average Bonchev–Trinajstić information content (AvgIpc) is 2.82. The van der Waals surface area contributed by atoms with Crippen LogP contribution in [0.2, 0.25) is 0 Å². The molecular weight excluding hydrogens is 258 g/mol. The summed E-state index contributed by atoms with van der Waals surface area (Å²) in [7, 11) is 0. The van der Waals surface area contributed by atoms with E-state index in [1.165, 1.54) is 0 Å². The molecule has 0 bridgehead atoms. The molecule has 2 heterocycles. The van der Waals surface area contributed by atoms with Gasteiger partial charge in [0.25, 0.3) is 5.91 Å². The number of aromatic nitrogens is 1. The first kappa shape index (κ1) is 15.0. The minimum absolute atomic E-state index is 0.154. The topological polar surface area (TPSA) is 80.7 Å². The first-order chi connectivity index (χ1) is 9.63. The lowest BCUT2D eigenvalue weighted by Crippen LogP contribution is -2.36. The molecule has 0 aliphatic carbocycles. The van der Waals surface area contributed by atoms with E-state index in [0.717, 1.165) is 31.6 Å². The normalized spacial score (nSPS) is 17.5. The van der Waals surface area contributed by atoms with Gasteiger partial charge in [-0.3, -0.25) is 9.63 Å². The molecule has 112 valence electrons. The van der Waals surface area contributed by atoms with Crippen LogP contribution < -0.4 is 5.73 Å². The number of primary amides is 1. The maximum absolute atomic E-state index is 11.5. The zero-order valence-corrected chi connectivity index (χ0v) is 11.9. The second kappa shape index (κ2) is 6.88. The fourth-order valence-electron chi connectivity index (χ4n) is 2.72. The van der Waals surface area contributed by atoms with Crippen LogP contribution in [-0.4, -0.2) is 46.9 Å². The standard InChI is InChI=1S/C14H23N3O3/c1-11-3-4-13(14(15)19)17(11)12-5-7-16(8-6-12)20-10-2-9-18/h3-4,12,18H,2,5-10H2,1H3,(H2,15,19). The first-order valence-corrected chi connectivity index (χ1v) is 7.10. The fourth-order valence-corrected chi connectivity index (χ4v) is 2.72. The molecule has 1 saturated heterocycles. The summed E-state index contributed by atoms with van der Waals surface area (Å²) >= 11 is 0. The van der Waals surface area contributed by atoms with E-state index in [-0.39, 0.29) is 12.5 Å². The highest BCUT2D eigenvalue weighted by atomic mass is 16.7. The van der Waals surface area contributed by atoms with Gasteiger partial charge in [-0.1, -0.05) is 0 Å². The largest absolute Gasteiger partial charge is 0.396 e. The van der Waals surface area contributed by atoms with Gasteiger partial charge in [0.15, 0.2) is 0 Å². The van der Waals surface area contributed by atoms with Crippen molar-refractivity contribution in [3.8, 4) is 0 Å². The second-order valence-corrected chi connectivity index (χ2v) is 5.16. The van der Waals surface area contributed by atoms with Crippen LogP contribution in [0.3, 0.4) is 0 Å². The highest BCUT2D eigenvalue weighted by molar-refractivity contribution is 5.91. The van der Waals surface area contributed by atoms with Crippen molar-refractivity contribution in [3.05, 3.63) is 23.5 Å². The Balaban J connectivity index is 1.94. The Morgan fingerprint density at radius 3 is 2.75 bits per heavy atom. The summed E-state index contributed by atoms with van der Waals surface area (Å²) in [5.41, 5.74) is 7.08. The Morgan fingerprint density at radius 1 is 1.45 bits per heavy atom. The van der Waals surface area contributed by atoms with Gasteiger partial charge in [0.2, 0.25) is 0 Å². The number of carbonyl (C=O) groups excluding carboxylic acids is 1. The number of piperidine rings is 1. The van der Waals surface area contributed by atoms with Crippen LogP contribution in [-0.2, 0) is 4.84 Å². The van der Waals surface area contributed by atoms with Crippen LogP contribution >= 0.6 is 0 Å². The van der Waals surface area contributed by atoms with Crippen molar-refractivity contribution in [2.75, 3.05) is 26.3 Å². The molecule has 2 rings (SSSR count). The van der Waals surface area contributed by atoms with Crippen molar-refractivity contribution in [3.63, 3.8) is 0 Å². The summed E-state index contributed by atoms with van der Waals surface area (Å²) in [5.74, 6) is -0.375. The van der Waals surface area contributed by atoms with Crippen molar-refractivity contribution >= 4 is 5.91 Å². The minimum Gasteiger partial charge on any atom is -0.396 e. The number of rotatable bonds is 6. The van der Waals surface area contributed by atoms with Crippen LogP contribution in [0.4, 0.5) is 0 Å². The molecule has 1 aliphatic rings. The number of nitrogens with two attached hydrogens (primary N) is 1. The lowest BCUT2D eigenvalue weighted by Gasteiger charge is -2.33. The highest BCUT2D eigenvalue weighted by Gasteiger charge is 2.24. The molecule has 0 aromatic carbocycles. The monoisotopic (exact) mass is 281 g/mol. The first-order valence-electron chi connectivity index (χ1n) is 7.10. The number of nitrogens with zero attached hydrogens (tertiary/aromatic N) is 2. The molecule has 0 unspecified atom stereocenters. The lowest BCUT2D eigenvalue weighted by atomic mass is 10.1. The van der Waals surface area contributed by atoms with Crippen LogP contribution in [0.25, 0.3) is 0 Å². The number of aliphatic hydroxyl groups is 1. The molecule has 20 heavy (non-hydrogen) atoms. The Kier molecular flexibility index (Phi) is 5.17. The maximum atomic E-state index is 11.5. The Hall–Kier alpha value is -1.37. The molecule has 6 nitrogen and oxygen atoms in total. The molecule has 0 atom stereocenters. The van der Waals surface area contributed by atoms with Crippen molar-refractivity contribution in [1.29, 1.82) is 0 Å². The summed E-state index contributed by atoms with van der Waals surface area (Å²) in [4.78, 5) is 17.0. The molecule has 0 radical (unpaired) electrons. The van der Waals surface area contributed by atoms with E-state index in [0.29, 0.717) is 24.8 Å². The average molecular weight is 281 g/mol. The highest BCUT2D eigenvalue weighted by Crippen LogP contribution is 2.26. The maximum Gasteiger partial charge on any atom is 0.265 e. The third-order valence-corrected chi connectivity index (χ3v) is 3.74. The molecule has 6 heteroatoms. The van der Waals surface area contributed by atoms with Gasteiger partial charge in [-0.25, -0.2) is 0 Å². The van der Waals surface area contributed by atoms with Gasteiger partial charge in [-0.05, 0) is 38.3 Å². The number of amides is 1. The predicted octanol–water partition coefficient (Wildman–Crippen LogP) is 0.846. The number of aliphatic hydroxyl groups excluding tert-OH is 1. The van der Waals surface area contributed by atoms with E-state index in [1.54, 1.807) is 6.07 Å². The molecular formula is C14H23N3O3. The zero-order chi connectivity index (χ0) is 14.5. The molecule has 0 saturated carbocycles. The summed E-state index contributed by atoms with van der Waals surface area (Å²) in [6, 6.07) is 4.02.